The first kappa shape index (κ1) is 16.4. The molecule has 1 N–H and O–H groups in total. The van der Waals surface area contributed by atoms with Gasteiger partial charge in [-0.3, -0.25) is 5.01 Å². The van der Waals surface area contributed by atoms with Crippen LogP contribution in [0.3, 0.4) is 0 Å². The number of anilines is 1. The van der Waals surface area contributed by atoms with Crippen molar-refractivity contribution >= 4 is 17.4 Å². The maximum Gasteiger partial charge on any atom is 1.00 e. The Kier molecular flexibility index (Phi) is 5.72. The zero-order valence-electron chi connectivity index (χ0n) is 11.8. The van der Waals surface area contributed by atoms with Gasteiger partial charge in [-0.25, -0.2) is 4.79 Å². The number of benzene rings is 2. The number of hydrazone groups is 1. The first-order chi connectivity index (χ1) is 9.75. The van der Waals surface area contributed by atoms with Crippen LogP contribution in [0.5, 0.6) is 0 Å². The number of aliphatic carboxylic acids is 1. The van der Waals surface area contributed by atoms with E-state index in [9.17, 15) is 9.90 Å². The molecule has 2 aromatic carbocycles. The van der Waals surface area contributed by atoms with E-state index in [1.165, 1.54) is 0 Å². The van der Waals surface area contributed by atoms with Crippen molar-refractivity contribution in [1.29, 1.82) is 0 Å². The Morgan fingerprint density at radius 1 is 1.05 bits per heavy atom. The van der Waals surface area contributed by atoms with E-state index in [1.54, 1.807) is 5.01 Å². The standard InChI is InChI=1S/C16H14N2O2.K/c19-16(20)15-11-14(12-7-3-1-4-8-12)17-18(15)13-9-5-2-6-10-13;/h1-10,15H,11H2,(H,19,20);/q;+1. The summed E-state index contributed by atoms with van der Waals surface area (Å²) in [6.45, 7) is 0. The molecule has 4 nitrogen and oxygen atoms in total. The third kappa shape index (κ3) is 3.62. The molecule has 5 heteroatoms. The Morgan fingerprint density at radius 3 is 2.19 bits per heavy atom. The Hall–Kier alpha value is -0.984. The topological polar surface area (TPSA) is 52.9 Å². The van der Waals surface area contributed by atoms with Crippen molar-refractivity contribution in [3.05, 3.63) is 66.2 Å². The molecule has 3 rings (SSSR count). The molecule has 1 unspecified atom stereocenters. The summed E-state index contributed by atoms with van der Waals surface area (Å²) in [5, 5.41) is 15.5. The van der Waals surface area contributed by atoms with Crippen LogP contribution >= 0.6 is 0 Å². The van der Waals surface area contributed by atoms with Crippen LogP contribution in [0.25, 0.3) is 0 Å². The van der Waals surface area contributed by atoms with Crippen LogP contribution in [-0.2, 0) is 4.79 Å². The molecular formula is C16H14KN2O2+. The van der Waals surface area contributed by atoms with E-state index in [0.717, 1.165) is 17.0 Å². The van der Waals surface area contributed by atoms with Crippen molar-refractivity contribution < 1.29 is 61.3 Å². The molecule has 0 aromatic heterocycles. The van der Waals surface area contributed by atoms with E-state index in [4.69, 9.17) is 0 Å². The SMILES string of the molecule is O=C(O)C1CC(c2ccccc2)=NN1c1ccccc1.[K+]. The van der Waals surface area contributed by atoms with Gasteiger partial charge in [0.05, 0.1) is 11.4 Å². The average molecular weight is 305 g/mol. The quantitative estimate of drug-likeness (QED) is 0.796. The summed E-state index contributed by atoms with van der Waals surface area (Å²) in [5.41, 5.74) is 2.57. The first-order valence-corrected chi connectivity index (χ1v) is 6.45. The van der Waals surface area contributed by atoms with E-state index in [2.05, 4.69) is 5.10 Å². The Bertz CT molecular complexity index is 644. The molecule has 2 aromatic rings. The van der Waals surface area contributed by atoms with Gasteiger partial charge in [-0.2, -0.15) is 5.10 Å². The first-order valence-electron chi connectivity index (χ1n) is 6.45. The molecule has 0 aliphatic carbocycles. The fourth-order valence-electron chi connectivity index (χ4n) is 2.33. The monoisotopic (exact) mass is 305 g/mol. The molecule has 1 aliphatic rings. The van der Waals surface area contributed by atoms with Gasteiger partial charge in [0.1, 0.15) is 0 Å². The van der Waals surface area contributed by atoms with Crippen molar-refractivity contribution in [2.75, 3.05) is 5.01 Å². The van der Waals surface area contributed by atoms with E-state index >= 15 is 0 Å². The average Bonchev–Trinajstić information content (AvgIpc) is 2.94. The summed E-state index contributed by atoms with van der Waals surface area (Å²) < 4.78 is 0. The van der Waals surface area contributed by atoms with E-state index in [-0.39, 0.29) is 51.4 Å². The molecule has 100 valence electrons. The van der Waals surface area contributed by atoms with Gasteiger partial charge in [0.2, 0.25) is 0 Å². The van der Waals surface area contributed by atoms with Gasteiger partial charge in [0.15, 0.2) is 6.04 Å². The molecule has 0 saturated heterocycles. The Morgan fingerprint density at radius 2 is 1.62 bits per heavy atom. The number of para-hydroxylation sites is 1. The summed E-state index contributed by atoms with van der Waals surface area (Å²) in [5.74, 6) is -0.858. The third-order valence-electron chi connectivity index (χ3n) is 3.32. The van der Waals surface area contributed by atoms with E-state index in [1.807, 2.05) is 60.7 Å². The molecule has 0 spiro atoms. The third-order valence-corrected chi connectivity index (χ3v) is 3.32. The fraction of sp³-hybridized carbons (Fsp3) is 0.125. The van der Waals surface area contributed by atoms with Crippen LogP contribution in [0.2, 0.25) is 0 Å². The van der Waals surface area contributed by atoms with E-state index in [0.29, 0.717) is 6.42 Å². The van der Waals surface area contributed by atoms with Gasteiger partial charge in [0, 0.05) is 6.42 Å². The van der Waals surface area contributed by atoms with Crippen LogP contribution in [-0.4, -0.2) is 22.8 Å². The summed E-state index contributed by atoms with van der Waals surface area (Å²) >= 11 is 0. The number of carboxylic acid groups (broad SMARTS) is 1. The van der Waals surface area contributed by atoms with Crippen LogP contribution in [0.15, 0.2) is 65.8 Å². The molecule has 1 atom stereocenters. The molecule has 0 bridgehead atoms. The molecular weight excluding hydrogens is 291 g/mol. The molecule has 1 heterocycles. The van der Waals surface area contributed by atoms with Gasteiger partial charge in [-0.15, -0.1) is 0 Å². The molecule has 0 amide bonds. The van der Waals surface area contributed by atoms with Crippen LogP contribution < -0.4 is 56.4 Å². The van der Waals surface area contributed by atoms with E-state index < -0.39 is 12.0 Å². The second-order valence-electron chi connectivity index (χ2n) is 4.65. The Labute approximate surface area is 165 Å². The zero-order valence-corrected chi connectivity index (χ0v) is 14.9. The van der Waals surface area contributed by atoms with Crippen molar-refractivity contribution in [1.82, 2.24) is 0 Å². The summed E-state index contributed by atoms with van der Waals surface area (Å²) in [6, 6.07) is 18.4. The number of carboxylic acids is 1. The number of hydrogen-bond acceptors (Lipinski definition) is 3. The minimum absolute atomic E-state index is 0. The number of carbonyl (C=O) groups is 1. The smallest absolute Gasteiger partial charge is 0.480 e. The number of rotatable bonds is 3. The minimum Gasteiger partial charge on any atom is -0.480 e. The Balaban J connectivity index is 0.00000161. The normalized spacial score (nSPS) is 17.0. The number of hydrogen-bond donors (Lipinski definition) is 1. The van der Waals surface area contributed by atoms with Crippen molar-refractivity contribution in [3.63, 3.8) is 0 Å². The van der Waals surface area contributed by atoms with Gasteiger partial charge in [0.25, 0.3) is 0 Å². The minimum atomic E-state index is -0.858. The van der Waals surface area contributed by atoms with Gasteiger partial charge in [-0.1, -0.05) is 48.5 Å². The summed E-state index contributed by atoms with van der Waals surface area (Å²) in [6.07, 6.45) is 0.411. The predicted molar refractivity (Wildman–Crippen MR) is 77.9 cm³/mol. The zero-order chi connectivity index (χ0) is 13.9. The fourth-order valence-corrected chi connectivity index (χ4v) is 2.33. The van der Waals surface area contributed by atoms with Gasteiger partial charge in [-0.05, 0) is 17.7 Å². The van der Waals surface area contributed by atoms with Crippen molar-refractivity contribution in [2.45, 2.75) is 12.5 Å². The second kappa shape index (κ2) is 7.33. The van der Waals surface area contributed by atoms with Crippen LogP contribution in [0.1, 0.15) is 12.0 Å². The largest absolute Gasteiger partial charge is 1.00 e. The molecule has 0 fully saturated rings. The van der Waals surface area contributed by atoms with Crippen molar-refractivity contribution in [2.24, 2.45) is 5.10 Å². The van der Waals surface area contributed by atoms with Crippen LogP contribution in [0, 0.1) is 0 Å². The summed E-state index contributed by atoms with van der Waals surface area (Å²) in [7, 11) is 0. The number of nitrogens with zero attached hydrogens (tertiary/aromatic N) is 2. The molecule has 0 saturated carbocycles. The van der Waals surface area contributed by atoms with Gasteiger partial charge >= 0.3 is 57.4 Å². The van der Waals surface area contributed by atoms with Crippen molar-refractivity contribution in [3.8, 4) is 0 Å². The van der Waals surface area contributed by atoms with Gasteiger partial charge < -0.3 is 5.11 Å². The predicted octanol–water partition coefficient (Wildman–Crippen LogP) is -0.242. The van der Waals surface area contributed by atoms with Crippen LogP contribution in [0.4, 0.5) is 5.69 Å². The second-order valence-corrected chi connectivity index (χ2v) is 4.65. The molecule has 0 radical (unpaired) electrons. The maximum absolute atomic E-state index is 11.4. The maximum atomic E-state index is 11.4. The molecule has 21 heavy (non-hydrogen) atoms. The molecule has 1 aliphatic heterocycles. The summed E-state index contributed by atoms with van der Waals surface area (Å²) in [4.78, 5) is 11.4.